The largest absolute Gasteiger partial charge is 0.508 e. The highest BCUT2D eigenvalue weighted by molar-refractivity contribution is 5.96. The molecular formula is C53H66N6O8. The summed E-state index contributed by atoms with van der Waals surface area (Å²) >= 11 is 0. The molecule has 14 heteroatoms. The van der Waals surface area contributed by atoms with Crippen molar-refractivity contribution in [3.8, 4) is 28.1 Å². The number of nitrogens with zero attached hydrogens (tertiary/aromatic N) is 4. The van der Waals surface area contributed by atoms with Gasteiger partial charge >= 0.3 is 5.97 Å². The van der Waals surface area contributed by atoms with E-state index < -0.39 is 47.2 Å². The van der Waals surface area contributed by atoms with E-state index in [1.54, 1.807) is 31.2 Å². The molecule has 4 heterocycles. The number of aromatic nitrogens is 1. The molecule has 1 aliphatic carbocycles. The molecule has 67 heavy (non-hydrogen) atoms. The molecule has 3 aliphatic heterocycles. The van der Waals surface area contributed by atoms with Crippen LogP contribution in [0.25, 0.3) is 33.3 Å². The number of hydrogen-bond acceptors (Lipinski definition) is 9. The van der Waals surface area contributed by atoms with Gasteiger partial charge in [-0.3, -0.25) is 29.0 Å². The number of likely N-dealkylation sites (tertiary alicyclic amines) is 1. The van der Waals surface area contributed by atoms with Crippen molar-refractivity contribution in [2.24, 2.45) is 17.3 Å². The summed E-state index contributed by atoms with van der Waals surface area (Å²) in [5, 5.41) is 16.9. The van der Waals surface area contributed by atoms with Crippen molar-refractivity contribution < 1.29 is 38.6 Å². The molecule has 3 N–H and O–H groups in total. The lowest BCUT2D eigenvalue weighted by atomic mass is 9.84. The van der Waals surface area contributed by atoms with Gasteiger partial charge in [0.05, 0.1) is 24.8 Å². The van der Waals surface area contributed by atoms with Crippen molar-refractivity contribution in [1.82, 2.24) is 30.1 Å². The first-order valence-electron chi connectivity index (χ1n) is 24.0. The van der Waals surface area contributed by atoms with E-state index >= 15 is 0 Å². The number of amides is 4. The minimum Gasteiger partial charge on any atom is -0.508 e. The maximum Gasteiger partial charge on any atom is 0.324 e. The van der Waals surface area contributed by atoms with Crippen LogP contribution >= 0.6 is 0 Å². The van der Waals surface area contributed by atoms with Crippen LogP contribution in [0.3, 0.4) is 0 Å². The molecule has 4 aromatic rings. The normalized spacial score (nSPS) is 21.7. The molecule has 4 atom stereocenters. The second kappa shape index (κ2) is 20.1. The number of esters is 1. The Morgan fingerprint density at radius 3 is 2.54 bits per heavy atom. The van der Waals surface area contributed by atoms with Crippen LogP contribution < -0.4 is 10.7 Å². The summed E-state index contributed by atoms with van der Waals surface area (Å²) in [5.41, 5.74) is 10.2. The van der Waals surface area contributed by atoms with Gasteiger partial charge in [0.15, 0.2) is 0 Å². The first-order valence-corrected chi connectivity index (χ1v) is 24.0. The minimum absolute atomic E-state index is 0.00908. The number of rotatable bonds is 10. The van der Waals surface area contributed by atoms with E-state index in [1.165, 1.54) is 16.0 Å². The number of methoxy groups -OCH3 is 1. The molecule has 1 aromatic heterocycles. The summed E-state index contributed by atoms with van der Waals surface area (Å²) in [7, 11) is 3.35. The Balaban J connectivity index is 1.20. The van der Waals surface area contributed by atoms with Crippen LogP contribution in [-0.4, -0.2) is 113 Å². The maximum absolute atomic E-state index is 14.8. The highest BCUT2D eigenvalue weighted by atomic mass is 16.5. The van der Waals surface area contributed by atoms with Crippen LogP contribution in [0.15, 0.2) is 73.3 Å². The monoisotopic (exact) mass is 914 g/mol. The molecule has 8 rings (SSSR count). The Kier molecular flexibility index (Phi) is 14.2. The molecule has 4 amide bonds. The lowest BCUT2D eigenvalue weighted by Gasteiger charge is -2.37. The minimum atomic E-state index is -1.13. The average Bonchev–Trinajstić information content (AvgIpc) is 4.10. The van der Waals surface area contributed by atoms with Crippen LogP contribution in [0.4, 0.5) is 0 Å². The molecule has 1 saturated carbocycles. The number of carbonyl (C=O) groups excluding carboxylic acids is 5. The van der Waals surface area contributed by atoms with Gasteiger partial charge in [0.2, 0.25) is 17.7 Å². The van der Waals surface area contributed by atoms with Gasteiger partial charge in [0, 0.05) is 68.6 Å². The van der Waals surface area contributed by atoms with E-state index in [2.05, 4.69) is 66.9 Å². The van der Waals surface area contributed by atoms with Crippen molar-refractivity contribution in [2.75, 3.05) is 40.4 Å². The van der Waals surface area contributed by atoms with Gasteiger partial charge in [-0.25, -0.2) is 5.43 Å². The molecule has 6 bridgehead atoms. The Labute approximate surface area is 393 Å². The lowest BCUT2D eigenvalue weighted by Crippen LogP contribution is -2.62. The van der Waals surface area contributed by atoms with Crippen molar-refractivity contribution in [3.05, 3.63) is 90.0 Å². The molecule has 2 saturated heterocycles. The van der Waals surface area contributed by atoms with E-state index in [0.29, 0.717) is 57.5 Å². The number of hydrogen-bond donors (Lipinski definition) is 3. The third-order valence-corrected chi connectivity index (χ3v) is 14.3. The van der Waals surface area contributed by atoms with Gasteiger partial charge in [0.1, 0.15) is 23.9 Å². The maximum atomic E-state index is 14.8. The number of nitrogens with one attached hydrogen (secondary N) is 2. The Bertz CT molecular complexity index is 2540. The van der Waals surface area contributed by atoms with E-state index in [-0.39, 0.29) is 43.1 Å². The number of fused-ring (bicyclic) bond motifs is 6. The Hall–Kier alpha value is -5.99. The second-order valence-electron chi connectivity index (χ2n) is 19.7. The van der Waals surface area contributed by atoms with Gasteiger partial charge in [-0.1, -0.05) is 69.7 Å². The quantitative estimate of drug-likeness (QED) is 0.118. The zero-order valence-electron chi connectivity index (χ0n) is 39.6. The summed E-state index contributed by atoms with van der Waals surface area (Å²) in [4.78, 5) is 73.3. The highest BCUT2D eigenvalue weighted by Gasteiger charge is 2.42. The average molecular weight is 915 g/mol. The number of phenolic OH excluding ortho intramolecular Hbond substituents is 1. The number of hydrazine groups is 1. The van der Waals surface area contributed by atoms with E-state index in [4.69, 9.17) is 9.47 Å². The molecule has 14 nitrogen and oxygen atoms in total. The number of aromatic hydroxyl groups is 1. The third kappa shape index (κ3) is 10.0. The Morgan fingerprint density at radius 1 is 1.01 bits per heavy atom. The first-order chi connectivity index (χ1) is 32.2. The lowest BCUT2D eigenvalue weighted by molar-refractivity contribution is -0.155. The fourth-order valence-electron chi connectivity index (χ4n) is 11.0. The summed E-state index contributed by atoms with van der Waals surface area (Å²) in [5.74, 6) is -2.40. The third-order valence-electron chi connectivity index (χ3n) is 14.3. The summed E-state index contributed by atoms with van der Waals surface area (Å²) in [6, 6.07) is 17.1. The van der Waals surface area contributed by atoms with Crippen LogP contribution in [0.1, 0.15) is 82.4 Å². The van der Waals surface area contributed by atoms with Gasteiger partial charge in [0.25, 0.3) is 5.91 Å². The number of aryl methyl sites for hydroxylation is 1. The van der Waals surface area contributed by atoms with E-state index in [0.717, 1.165) is 70.1 Å². The number of ether oxygens (including phenoxy) is 2. The van der Waals surface area contributed by atoms with Gasteiger partial charge < -0.3 is 34.3 Å². The number of benzene rings is 3. The van der Waals surface area contributed by atoms with Gasteiger partial charge in [-0.05, 0) is 110 Å². The summed E-state index contributed by atoms with van der Waals surface area (Å²) in [6.07, 6.45) is 6.64. The Morgan fingerprint density at radius 2 is 1.79 bits per heavy atom. The topological polar surface area (TPSA) is 163 Å². The van der Waals surface area contributed by atoms with Gasteiger partial charge in [-0.15, -0.1) is 0 Å². The molecule has 0 radical (unpaired) electrons. The van der Waals surface area contributed by atoms with Crippen molar-refractivity contribution >= 4 is 40.5 Å². The SMILES string of the molecule is C=CC(=O)N1CC[C@H](C(=O)N(C)[C@H](C(=O)N[C@H]2Cc3cc(O)cc(c3)-c3ccc4c(c3)c(c(-c3ccccc3COC)n4CC)CC(C)(C)COC(=O)[C@@H]3CCCN(N3)C2=O)C2CCCC2)C1. The van der Waals surface area contributed by atoms with Crippen LogP contribution in [0, 0.1) is 17.3 Å². The van der Waals surface area contributed by atoms with Crippen molar-refractivity contribution in [3.63, 3.8) is 0 Å². The number of phenols is 1. The fraction of sp³-hybridized carbons (Fsp3) is 0.491. The van der Waals surface area contributed by atoms with Crippen molar-refractivity contribution in [2.45, 2.75) is 110 Å². The van der Waals surface area contributed by atoms with E-state index in [1.807, 2.05) is 24.3 Å². The molecular weight excluding hydrogens is 849 g/mol. The standard InChI is InChI=1S/C53H66N6O8/c1-7-46(61)57-23-21-36(30-57)50(63)56(5)47(34-14-9-10-15-34)49(62)54-44-26-33-24-38(27-39(60)25-33)35-19-20-45-41(28-35)42(48(58(45)8-2)40-17-12-11-16-37(40)31-66-6)29-53(3,4)32-67-52(65)43-18-13-22-59(55-43)51(44)64/h7,11-12,16-17,19-20,24-25,27-28,34,36,43-44,47,55,60H,1,8-10,13-15,18,21-23,26,29-32H2,2-6H3,(H,54,62)/t36-,43-,44-,47-/m0/s1. The second-order valence-corrected chi connectivity index (χ2v) is 19.7. The smallest absolute Gasteiger partial charge is 0.324 e. The number of carbonyl (C=O) groups is 5. The predicted molar refractivity (Wildman–Crippen MR) is 256 cm³/mol. The first kappa shape index (κ1) is 47.5. The molecule has 3 fully saturated rings. The zero-order chi connectivity index (χ0) is 47.6. The van der Waals surface area contributed by atoms with Crippen LogP contribution in [-0.2, 0) is 59.4 Å². The summed E-state index contributed by atoms with van der Waals surface area (Å²) in [6.45, 7) is 12.1. The molecule has 3 aromatic carbocycles. The molecule has 4 aliphatic rings. The summed E-state index contributed by atoms with van der Waals surface area (Å²) < 4.78 is 14.1. The van der Waals surface area contributed by atoms with Crippen molar-refractivity contribution in [1.29, 1.82) is 0 Å². The zero-order valence-corrected chi connectivity index (χ0v) is 39.6. The number of likely N-dealkylation sites (N-methyl/N-ethyl adjacent to an activating group) is 1. The van der Waals surface area contributed by atoms with Crippen LogP contribution in [0.5, 0.6) is 5.75 Å². The van der Waals surface area contributed by atoms with E-state index in [9.17, 15) is 29.1 Å². The fourth-order valence-corrected chi connectivity index (χ4v) is 11.0. The molecule has 0 spiro atoms. The molecule has 0 unspecified atom stereocenters. The highest BCUT2D eigenvalue weighted by Crippen LogP contribution is 2.42. The predicted octanol–water partition coefficient (Wildman–Crippen LogP) is 6.55. The van der Waals surface area contributed by atoms with Crippen LogP contribution in [0.2, 0.25) is 0 Å². The van der Waals surface area contributed by atoms with Gasteiger partial charge in [-0.2, -0.15) is 0 Å². The number of cyclic esters (lactones) is 1. The molecule has 356 valence electrons.